The maximum Gasteiger partial charge on any atom is 0.291 e. The van der Waals surface area contributed by atoms with Crippen LogP contribution in [0.5, 0.6) is 11.5 Å². The number of methoxy groups -OCH3 is 1. The van der Waals surface area contributed by atoms with Gasteiger partial charge >= 0.3 is 0 Å². The van der Waals surface area contributed by atoms with Crippen LogP contribution in [0.4, 0.5) is 5.69 Å². The van der Waals surface area contributed by atoms with E-state index in [0.717, 1.165) is 6.07 Å². The first-order chi connectivity index (χ1) is 11.1. The summed E-state index contributed by atoms with van der Waals surface area (Å²) in [5.74, 6) is -0.0217. The summed E-state index contributed by atoms with van der Waals surface area (Å²) in [5, 5.41) is 12.2. The molecule has 1 heterocycles. The molecular weight excluding hydrogens is 298 g/mol. The number of benzene rings is 2. The molecule has 0 aliphatic heterocycles. The third-order valence-corrected chi connectivity index (χ3v) is 3.28. The van der Waals surface area contributed by atoms with Gasteiger partial charge in [-0.3, -0.25) is 9.59 Å². The molecule has 116 valence electrons. The van der Waals surface area contributed by atoms with Crippen molar-refractivity contribution >= 4 is 22.6 Å². The molecule has 3 aromatic rings. The second-order valence-electron chi connectivity index (χ2n) is 4.84. The number of phenols is 1. The number of carbonyl (C=O) groups is 1. The molecule has 2 N–H and O–H groups in total. The van der Waals surface area contributed by atoms with Crippen molar-refractivity contribution in [2.75, 3.05) is 12.4 Å². The summed E-state index contributed by atoms with van der Waals surface area (Å²) >= 11 is 0. The number of amides is 1. The lowest BCUT2D eigenvalue weighted by molar-refractivity contribution is 0.0997. The molecule has 0 radical (unpaired) electrons. The van der Waals surface area contributed by atoms with E-state index < -0.39 is 5.91 Å². The number of phenolic OH excluding ortho intramolecular Hbond substituents is 1. The van der Waals surface area contributed by atoms with E-state index in [1.807, 2.05) is 0 Å². The van der Waals surface area contributed by atoms with Gasteiger partial charge in [-0.05, 0) is 42.5 Å². The minimum atomic E-state index is -0.550. The molecule has 0 bridgehead atoms. The van der Waals surface area contributed by atoms with E-state index in [0.29, 0.717) is 22.4 Å². The van der Waals surface area contributed by atoms with Crippen LogP contribution in [-0.4, -0.2) is 18.1 Å². The van der Waals surface area contributed by atoms with Crippen molar-refractivity contribution < 1.29 is 19.1 Å². The van der Waals surface area contributed by atoms with Crippen molar-refractivity contribution in [2.45, 2.75) is 0 Å². The van der Waals surface area contributed by atoms with Gasteiger partial charge in [0.05, 0.1) is 12.5 Å². The molecule has 1 aromatic heterocycles. The van der Waals surface area contributed by atoms with Crippen LogP contribution in [-0.2, 0) is 0 Å². The first-order valence-corrected chi connectivity index (χ1v) is 6.79. The minimum Gasteiger partial charge on any atom is -0.508 e. The van der Waals surface area contributed by atoms with E-state index >= 15 is 0 Å². The molecule has 0 fully saturated rings. The zero-order chi connectivity index (χ0) is 16.4. The van der Waals surface area contributed by atoms with E-state index in [1.165, 1.54) is 31.4 Å². The summed E-state index contributed by atoms with van der Waals surface area (Å²) in [5.41, 5.74) is 0.445. The summed E-state index contributed by atoms with van der Waals surface area (Å²) < 4.78 is 10.5. The van der Waals surface area contributed by atoms with Gasteiger partial charge in [-0.15, -0.1) is 0 Å². The van der Waals surface area contributed by atoms with Crippen LogP contribution in [0.2, 0.25) is 0 Å². The molecule has 0 atom stereocenters. The van der Waals surface area contributed by atoms with Crippen LogP contribution in [0.1, 0.15) is 10.6 Å². The Balaban J connectivity index is 1.94. The maximum atomic E-state index is 12.2. The Morgan fingerprint density at radius 1 is 1.13 bits per heavy atom. The summed E-state index contributed by atoms with van der Waals surface area (Å²) in [6.45, 7) is 0. The van der Waals surface area contributed by atoms with Crippen molar-refractivity contribution in [1.29, 1.82) is 0 Å². The smallest absolute Gasteiger partial charge is 0.291 e. The van der Waals surface area contributed by atoms with Crippen molar-refractivity contribution in [1.82, 2.24) is 0 Å². The molecule has 2 aromatic carbocycles. The van der Waals surface area contributed by atoms with Gasteiger partial charge < -0.3 is 19.6 Å². The second-order valence-corrected chi connectivity index (χ2v) is 4.84. The van der Waals surface area contributed by atoms with Crippen molar-refractivity contribution in [3.8, 4) is 11.5 Å². The quantitative estimate of drug-likeness (QED) is 0.726. The zero-order valence-electron chi connectivity index (χ0n) is 12.2. The predicted molar refractivity (Wildman–Crippen MR) is 85.1 cm³/mol. The Hall–Kier alpha value is -3.28. The average Bonchev–Trinajstić information content (AvgIpc) is 2.56. The van der Waals surface area contributed by atoms with Gasteiger partial charge in [0.15, 0.2) is 11.2 Å². The fourth-order valence-corrected chi connectivity index (χ4v) is 2.11. The lowest BCUT2D eigenvalue weighted by Gasteiger charge is -2.06. The highest BCUT2D eigenvalue weighted by atomic mass is 16.5. The van der Waals surface area contributed by atoms with Gasteiger partial charge in [-0.25, -0.2) is 0 Å². The van der Waals surface area contributed by atoms with Crippen molar-refractivity contribution in [3.05, 3.63) is 64.5 Å². The molecule has 0 spiro atoms. The number of anilines is 1. The van der Waals surface area contributed by atoms with E-state index in [4.69, 9.17) is 9.15 Å². The van der Waals surface area contributed by atoms with Gasteiger partial charge in [0.1, 0.15) is 17.1 Å². The number of hydrogen-bond acceptors (Lipinski definition) is 5. The summed E-state index contributed by atoms with van der Waals surface area (Å²) in [6, 6.07) is 11.9. The van der Waals surface area contributed by atoms with Crippen LogP contribution >= 0.6 is 0 Å². The van der Waals surface area contributed by atoms with Crippen LogP contribution in [0, 0.1) is 0 Å². The number of nitrogens with one attached hydrogen (secondary N) is 1. The molecule has 0 aliphatic rings. The van der Waals surface area contributed by atoms with E-state index in [2.05, 4.69) is 5.32 Å². The summed E-state index contributed by atoms with van der Waals surface area (Å²) in [4.78, 5) is 24.3. The Labute approximate surface area is 130 Å². The lowest BCUT2D eigenvalue weighted by atomic mass is 10.2. The molecule has 3 rings (SSSR count). The third kappa shape index (κ3) is 3.01. The molecule has 0 unspecified atom stereocenters. The normalized spacial score (nSPS) is 10.5. The first-order valence-electron chi connectivity index (χ1n) is 6.79. The van der Waals surface area contributed by atoms with Crippen LogP contribution in [0.25, 0.3) is 11.0 Å². The average molecular weight is 311 g/mol. The number of aromatic hydroxyl groups is 1. The number of hydrogen-bond donors (Lipinski definition) is 2. The van der Waals surface area contributed by atoms with Gasteiger partial charge in [0.25, 0.3) is 5.91 Å². The largest absolute Gasteiger partial charge is 0.508 e. The van der Waals surface area contributed by atoms with Crippen LogP contribution < -0.4 is 15.5 Å². The number of rotatable bonds is 3. The zero-order valence-corrected chi connectivity index (χ0v) is 12.2. The third-order valence-electron chi connectivity index (χ3n) is 3.28. The van der Waals surface area contributed by atoms with Crippen LogP contribution in [0.3, 0.4) is 0 Å². The van der Waals surface area contributed by atoms with Crippen molar-refractivity contribution in [3.63, 3.8) is 0 Å². The highest BCUT2D eigenvalue weighted by molar-refractivity contribution is 6.03. The van der Waals surface area contributed by atoms with Gasteiger partial charge in [0, 0.05) is 11.8 Å². The predicted octanol–water partition coefficient (Wildman–Crippen LogP) is 2.76. The van der Waals surface area contributed by atoms with Gasteiger partial charge in [-0.2, -0.15) is 0 Å². The SMILES string of the molecule is COc1ccc2oc(C(=O)Nc3ccc(O)cc3)cc(=O)c2c1. The first kappa shape index (κ1) is 14.6. The lowest BCUT2D eigenvalue weighted by Crippen LogP contribution is -2.14. The molecule has 0 saturated heterocycles. The molecule has 0 saturated carbocycles. The Bertz CT molecular complexity index is 928. The Kier molecular flexibility index (Phi) is 3.72. The Morgan fingerprint density at radius 2 is 1.87 bits per heavy atom. The minimum absolute atomic E-state index is 0.0918. The van der Waals surface area contributed by atoms with E-state index in [9.17, 15) is 14.7 Å². The molecule has 6 heteroatoms. The van der Waals surface area contributed by atoms with Gasteiger partial charge in [-0.1, -0.05) is 0 Å². The highest BCUT2D eigenvalue weighted by Crippen LogP contribution is 2.20. The molecule has 1 amide bonds. The molecule has 23 heavy (non-hydrogen) atoms. The number of fused-ring (bicyclic) bond motifs is 1. The topological polar surface area (TPSA) is 88.8 Å². The molecular formula is C17H13NO5. The highest BCUT2D eigenvalue weighted by Gasteiger charge is 2.13. The van der Waals surface area contributed by atoms with Gasteiger partial charge in [0.2, 0.25) is 0 Å². The number of ether oxygens (including phenoxy) is 1. The number of carbonyl (C=O) groups excluding carboxylic acids is 1. The fraction of sp³-hybridized carbons (Fsp3) is 0.0588. The van der Waals surface area contributed by atoms with E-state index in [-0.39, 0.29) is 16.9 Å². The monoisotopic (exact) mass is 311 g/mol. The maximum absolute atomic E-state index is 12.2. The molecule has 6 nitrogen and oxygen atoms in total. The molecule has 0 aliphatic carbocycles. The fourth-order valence-electron chi connectivity index (χ4n) is 2.11. The summed E-state index contributed by atoms with van der Waals surface area (Å²) in [7, 11) is 1.50. The second kappa shape index (κ2) is 5.84. The van der Waals surface area contributed by atoms with Crippen molar-refractivity contribution in [2.24, 2.45) is 0 Å². The van der Waals surface area contributed by atoms with Crippen LogP contribution in [0.15, 0.2) is 57.7 Å². The van der Waals surface area contributed by atoms with E-state index in [1.54, 1.807) is 18.2 Å². The Morgan fingerprint density at radius 3 is 2.57 bits per heavy atom. The summed E-state index contributed by atoms with van der Waals surface area (Å²) in [6.07, 6.45) is 0. The standard InChI is InChI=1S/C17H13NO5/c1-22-12-6-7-15-13(8-12)14(20)9-16(23-15)17(21)18-10-2-4-11(19)5-3-10/h2-9,19H,1H3,(H,18,21).